The summed E-state index contributed by atoms with van der Waals surface area (Å²) in [6, 6.07) is 0. The summed E-state index contributed by atoms with van der Waals surface area (Å²) in [6.45, 7) is 4.93. The quantitative estimate of drug-likeness (QED) is 0.292. The van der Waals surface area contributed by atoms with Gasteiger partial charge in [0.25, 0.3) is 0 Å². The summed E-state index contributed by atoms with van der Waals surface area (Å²) in [6.07, 6.45) is 1.81. The second-order valence-corrected chi connectivity index (χ2v) is 2.06. The molecule has 0 aliphatic heterocycles. The van der Waals surface area contributed by atoms with Crippen molar-refractivity contribution in [3.63, 3.8) is 0 Å². The van der Waals surface area contributed by atoms with E-state index in [4.69, 9.17) is 5.11 Å². The van der Waals surface area contributed by atoms with E-state index >= 15 is 0 Å². The van der Waals surface area contributed by atoms with E-state index in [2.05, 4.69) is 11.3 Å². The normalized spacial score (nSPS) is 11.8. The van der Waals surface area contributed by atoms with Crippen molar-refractivity contribution in [3.8, 4) is 0 Å². The van der Waals surface area contributed by atoms with E-state index in [0.717, 1.165) is 0 Å². The zero-order chi connectivity index (χ0) is 8.85. The number of aliphatic hydroxyl groups is 1. The first-order valence-corrected chi connectivity index (χ1v) is 3.21. The van der Waals surface area contributed by atoms with Gasteiger partial charge in [-0.15, -0.1) is 6.58 Å². The second kappa shape index (κ2) is 4.55. The number of hydrogen-bond acceptors (Lipinski definition) is 3. The minimum absolute atomic E-state index is 0.00634. The van der Waals surface area contributed by atoms with Gasteiger partial charge in [0, 0.05) is 6.42 Å². The molecule has 0 radical (unpaired) electrons. The highest BCUT2D eigenvalue weighted by Crippen LogP contribution is 2.06. The third kappa shape index (κ3) is 2.89. The number of allylic oxidation sites excluding steroid dienone is 1. The molecule has 1 N–H and O–H groups in total. The topological polar surface area (TPSA) is 46.5 Å². The number of hydrogen-bond donors (Lipinski definition) is 1. The van der Waals surface area contributed by atoms with Gasteiger partial charge in [-0.2, -0.15) is 0 Å². The number of carbonyl (C=O) groups excluding carboxylic acids is 1. The van der Waals surface area contributed by atoms with E-state index < -0.39 is 5.97 Å². The highest BCUT2D eigenvalue weighted by Gasteiger charge is 2.07. The van der Waals surface area contributed by atoms with Crippen molar-refractivity contribution in [2.24, 2.45) is 0 Å². The Morgan fingerprint density at radius 2 is 2.27 bits per heavy atom. The van der Waals surface area contributed by atoms with Crippen molar-refractivity contribution in [1.82, 2.24) is 0 Å². The molecule has 0 unspecified atom stereocenters. The first-order chi connectivity index (χ1) is 5.13. The molecule has 0 rings (SSSR count). The van der Waals surface area contributed by atoms with Crippen LogP contribution in [0.4, 0.5) is 0 Å². The predicted molar refractivity (Wildman–Crippen MR) is 42.2 cm³/mol. The molecule has 0 fully saturated rings. The molecule has 0 atom stereocenters. The maximum Gasteiger partial charge on any atom is 0.336 e. The molecule has 0 aliphatic rings. The van der Waals surface area contributed by atoms with Crippen LogP contribution in [0.3, 0.4) is 0 Å². The van der Waals surface area contributed by atoms with Crippen LogP contribution in [-0.2, 0) is 9.53 Å². The molecule has 0 amide bonds. The van der Waals surface area contributed by atoms with Crippen LogP contribution in [-0.4, -0.2) is 18.2 Å². The number of methoxy groups -OCH3 is 1. The largest absolute Gasteiger partial charge is 0.511 e. The molecule has 11 heavy (non-hydrogen) atoms. The lowest BCUT2D eigenvalue weighted by molar-refractivity contribution is -0.136. The molecule has 62 valence electrons. The van der Waals surface area contributed by atoms with Crippen molar-refractivity contribution in [1.29, 1.82) is 0 Å². The lowest BCUT2D eigenvalue weighted by atomic mass is 10.2. The maximum absolute atomic E-state index is 10.8. The molecule has 0 aliphatic carbocycles. The van der Waals surface area contributed by atoms with E-state index in [1.165, 1.54) is 20.1 Å². The Labute approximate surface area is 66.0 Å². The van der Waals surface area contributed by atoms with Crippen LogP contribution in [0.15, 0.2) is 24.0 Å². The van der Waals surface area contributed by atoms with Crippen LogP contribution in [0.2, 0.25) is 0 Å². The Balaban J connectivity index is 4.37. The fraction of sp³-hybridized carbons (Fsp3) is 0.375. The lowest BCUT2D eigenvalue weighted by Gasteiger charge is -2.00. The van der Waals surface area contributed by atoms with E-state index in [1.54, 1.807) is 0 Å². The van der Waals surface area contributed by atoms with E-state index in [9.17, 15) is 4.79 Å². The summed E-state index contributed by atoms with van der Waals surface area (Å²) in [4.78, 5) is 10.8. The van der Waals surface area contributed by atoms with Gasteiger partial charge in [0.05, 0.1) is 12.7 Å². The SMILES string of the molecule is C=CCC(O)=C(C)C(=O)OC. The molecule has 0 aromatic heterocycles. The minimum atomic E-state index is -0.510. The van der Waals surface area contributed by atoms with Crippen molar-refractivity contribution in [3.05, 3.63) is 24.0 Å². The average molecular weight is 156 g/mol. The van der Waals surface area contributed by atoms with Crippen molar-refractivity contribution < 1.29 is 14.6 Å². The van der Waals surface area contributed by atoms with Crippen LogP contribution in [0.5, 0.6) is 0 Å². The summed E-state index contributed by atoms with van der Waals surface area (Å²) < 4.78 is 4.39. The van der Waals surface area contributed by atoms with Gasteiger partial charge in [0.15, 0.2) is 0 Å². The molecule has 3 nitrogen and oxygen atoms in total. The van der Waals surface area contributed by atoms with Gasteiger partial charge in [-0.05, 0) is 6.92 Å². The summed E-state index contributed by atoms with van der Waals surface area (Å²) in [5.41, 5.74) is 0.229. The molecular formula is C8H12O3. The molecule has 0 aromatic carbocycles. The number of esters is 1. The molecule has 0 saturated carbocycles. The fourth-order valence-electron chi connectivity index (χ4n) is 0.561. The summed E-state index contributed by atoms with van der Waals surface area (Å²) in [5, 5.41) is 9.13. The number of ether oxygens (including phenoxy) is 1. The van der Waals surface area contributed by atoms with Crippen molar-refractivity contribution in [2.75, 3.05) is 7.11 Å². The molecule has 3 heteroatoms. The number of carbonyl (C=O) groups is 1. The van der Waals surface area contributed by atoms with Crippen LogP contribution in [0.25, 0.3) is 0 Å². The summed E-state index contributed by atoms with van der Waals surface area (Å²) in [7, 11) is 1.27. The Kier molecular flexibility index (Phi) is 4.03. The maximum atomic E-state index is 10.8. The van der Waals surface area contributed by atoms with Crippen molar-refractivity contribution >= 4 is 5.97 Å². The average Bonchev–Trinajstić information content (AvgIpc) is 2.02. The van der Waals surface area contributed by atoms with Crippen molar-refractivity contribution in [2.45, 2.75) is 13.3 Å². The van der Waals surface area contributed by atoms with Gasteiger partial charge in [-0.1, -0.05) is 6.08 Å². The van der Waals surface area contributed by atoms with Gasteiger partial charge in [0.1, 0.15) is 5.76 Å². The Morgan fingerprint density at radius 1 is 1.73 bits per heavy atom. The van der Waals surface area contributed by atoms with Crippen LogP contribution in [0.1, 0.15) is 13.3 Å². The molecule has 0 bridgehead atoms. The summed E-state index contributed by atoms with van der Waals surface area (Å²) in [5.74, 6) is -0.504. The van der Waals surface area contributed by atoms with Gasteiger partial charge in [-0.3, -0.25) is 0 Å². The molecule has 0 heterocycles. The zero-order valence-electron chi connectivity index (χ0n) is 6.76. The standard InChI is InChI=1S/C8H12O3/c1-4-5-7(9)6(2)8(10)11-3/h4,9H,1,5H2,2-3H3. The van der Waals surface area contributed by atoms with Gasteiger partial charge in [0.2, 0.25) is 0 Å². The highest BCUT2D eigenvalue weighted by molar-refractivity contribution is 5.88. The number of rotatable bonds is 3. The third-order valence-electron chi connectivity index (χ3n) is 1.26. The monoisotopic (exact) mass is 156 g/mol. The van der Waals surface area contributed by atoms with E-state index in [-0.39, 0.29) is 11.3 Å². The third-order valence-corrected chi connectivity index (χ3v) is 1.26. The summed E-state index contributed by atoms with van der Waals surface area (Å²) >= 11 is 0. The minimum Gasteiger partial charge on any atom is -0.511 e. The van der Waals surface area contributed by atoms with Gasteiger partial charge >= 0.3 is 5.97 Å². The van der Waals surface area contributed by atoms with Crippen LogP contribution < -0.4 is 0 Å². The smallest absolute Gasteiger partial charge is 0.336 e. The molecule has 0 saturated heterocycles. The molecule has 0 aromatic rings. The lowest BCUT2D eigenvalue weighted by Crippen LogP contribution is -2.04. The van der Waals surface area contributed by atoms with Gasteiger partial charge in [-0.25, -0.2) is 4.79 Å². The van der Waals surface area contributed by atoms with Crippen LogP contribution >= 0.6 is 0 Å². The Morgan fingerprint density at radius 3 is 2.64 bits per heavy atom. The first kappa shape index (κ1) is 9.75. The fourth-order valence-corrected chi connectivity index (χ4v) is 0.561. The second-order valence-electron chi connectivity index (χ2n) is 2.06. The molecule has 0 spiro atoms. The van der Waals surface area contributed by atoms with E-state index in [1.807, 2.05) is 0 Å². The predicted octanol–water partition coefficient (Wildman–Crippen LogP) is 1.57. The number of aliphatic hydroxyl groups excluding tert-OH is 1. The van der Waals surface area contributed by atoms with E-state index in [0.29, 0.717) is 6.42 Å². The van der Waals surface area contributed by atoms with Crippen LogP contribution in [0, 0.1) is 0 Å². The van der Waals surface area contributed by atoms with Gasteiger partial charge < -0.3 is 9.84 Å². The first-order valence-electron chi connectivity index (χ1n) is 3.21. The zero-order valence-corrected chi connectivity index (χ0v) is 6.76. The molecular weight excluding hydrogens is 144 g/mol. The highest BCUT2D eigenvalue weighted by atomic mass is 16.5. The Bertz CT molecular complexity index is 192. The Hall–Kier alpha value is -1.25.